The molecule has 0 fully saturated rings. The van der Waals surface area contributed by atoms with Crippen molar-refractivity contribution in [2.75, 3.05) is 18.8 Å². The molecule has 1 heterocycles. The Hall–Kier alpha value is -2.18. The Bertz CT molecular complexity index is 1050. The van der Waals surface area contributed by atoms with Gasteiger partial charge in [-0.1, -0.05) is 134 Å². The van der Waals surface area contributed by atoms with Crippen LogP contribution in [0.1, 0.15) is 134 Å². The molecule has 0 saturated carbocycles. The van der Waals surface area contributed by atoms with E-state index in [4.69, 9.17) is 4.55 Å². The largest absolute Gasteiger partial charge is 0.371 e. The molecule has 0 radical (unpaired) electrons. The van der Waals surface area contributed by atoms with Crippen molar-refractivity contribution in [1.82, 2.24) is 4.90 Å². The Kier molecular flexibility index (Phi) is 19.2. The molecule has 0 unspecified atom stereocenters. The van der Waals surface area contributed by atoms with Gasteiger partial charge in [-0.05, 0) is 24.5 Å². The van der Waals surface area contributed by atoms with E-state index in [1.54, 1.807) is 0 Å². The highest BCUT2D eigenvalue weighted by Crippen LogP contribution is 2.24. The topological polar surface area (TPSA) is 61.5 Å². The molecule has 42 heavy (non-hydrogen) atoms. The van der Waals surface area contributed by atoms with Crippen LogP contribution in [0.2, 0.25) is 0 Å². The molecule has 236 valence electrons. The van der Waals surface area contributed by atoms with Gasteiger partial charge in [0.1, 0.15) is 6.54 Å². The first kappa shape index (κ1) is 36.0. The number of aromatic nitrogens is 1. The number of hydrogen-bond acceptors (Lipinski definition) is 3. The summed E-state index contributed by atoms with van der Waals surface area (Å²) in [4.78, 5) is 2.61. The molecule has 0 atom stereocenters. The van der Waals surface area contributed by atoms with E-state index >= 15 is 0 Å². The molecule has 2 aromatic rings. The molecular formula is C36H59N2O3S+. The second-order valence-corrected chi connectivity index (χ2v) is 13.4. The van der Waals surface area contributed by atoms with E-state index in [0.29, 0.717) is 13.0 Å². The maximum absolute atomic E-state index is 11.1. The SMILES string of the molecule is CCCCCCCCCCN(CCCCCCCCCC)C(=Cc1ccccc1)c1cc[n+](CCCS(=O)(=O)O)cc1. The predicted molar refractivity (Wildman–Crippen MR) is 179 cm³/mol. The van der Waals surface area contributed by atoms with Crippen LogP contribution in [0, 0.1) is 0 Å². The summed E-state index contributed by atoms with van der Waals surface area (Å²) in [6.45, 7) is 7.23. The van der Waals surface area contributed by atoms with E-state index < -0.39 is 10.1 Å². The van der Waals surface area contributed by atoms with E-state index in [1.165, 1.54) is 120 Å². The molecule has 6 heteroatoms. The Morgan fingerprint density at radius 2 is 1.17 bits per heavy atom. The van der Waals surface area contributed by atoms with Gasteiger partial charge in [-0.2, -0.15) is 8.42 Å². The van der Waals surface area contributed by atoms with E-state index in [2.05, 4.69) is 67.3 Å². The average molecular weight is 600 g/mol. The molecule has 0 amide bonds. The number of nitrogens with zero attached hydrogens (tertiary/aromatic N) is 2. The van der Waals surface area contributed by atoms with E-state index in [-0.39, 0.29) is 5.75 Å². The maximum atomic E-state index is 11.1. The monoisotopic (exact) mass is 599 g/mol. The van der Waals surface area contributed by atoms with Gasteiger partial charge in [-0.3, -0.25) is 4.55 Å². The summed E-state index contributed by atoms with van der Waals surface area (Å²) in [5.41, 5.74) is 3.65. The summed E-state index contributed by atoms with van der Waals surface area (Å²) < 4.78 is 33.3. The predicted octanol–water partition coefficient (Wildman–Crippen LogP) is 9.33. The molecule has 0 saturated heterocycles. The quantitative estimate of drug-likeness (QED) is 0.0702. The van der Waals surface area contributed by atoms with Crippen LogP contribution in [0.15, 0.2) is 54.9 Å². The van der Waals surface area contributed by atoms with Crippen molar-refractivity contribution in [3.05, 3.63) is 66.0 Å². The molecule has 0 aliphatic rings. The number of aryl methyl sites for hydroxylation is 1. The third kappa shape index (κ3) is 17.1. The van der Waals surface area contributed by atoms with Crippen LogP contribution in [-0.2, 0) is 16.7 Å². The van der Waals surface area contributed by atoms with Gasteiger partial charge >= 0.3 is 0 Å². The van der Waals surface area contributed by atoms with E-state index in [0.717, 1.165) is 13.1 Å². The molecule has 5 nitrogen and oxygen atoms in total. The lowest BCUT2D eigenvalue weighted by Crippen LogP contribution is -2.34. The van der Waals surface area contributed by atoms with Crippen molar-refractivity contribution >= 4 is 21.9 Å². The molecule has 1 aromatic heterocycles. The second-order valence-electron chi connectivity index (χ2n) is 11.8. The minimum Gasteiger partial charge on any atom is -0.371 e. The zero-order valence-corrected chi connectivity index (χ0v) is 27.5. The lowest BCUT2D eigenvalue weighted by atomic mass is 10.0. The van der Waals surface area contributed by atoms with Crippen LogP contribution in [0.4, 0.5) is 0 Å². The molecule has 1 N–H and O–H groups in total. The lowest BCUT2D eigenvalue weighted by molar-refractivity contribution is -0.696. The summed E-state index contributed by atoms with van der Waals surface area (Å²) in [6, 6.07) is 14.9. The maximum Gasteiger partial charge on any atom is 0.265 e. The first-order valence-electron chi connectivity index (χ1n) is 16.9. The zero-order valence-electron chi connectivity index (χ0n) is 26.7. The van der Waals surface area contributed by atoms with Gasteiger partial charge in [-0.15, -0.1) is 0 Å². The standard InChI is InChI=1S/C36H58N2O3S/c1-3-5-7-9-11-13-15-20-28-38(29-21-16-14-12-10-8-6-4-2)36(33-34-23-18-17-19-24-34)35-25-30-37(31-26-35)27-22-32-42(39,40)41/h17-19,23-26,30-31,33H,3-16,20-22,27-29,32H2,1-2H3/p+1. The van der Waals surface area contributed by atoms with Crippen LogP contribution < -0.4 is 4.57 Å². The fraction of sp³-hybridized carbons (Fsp3) is 0.639. The highest BCUT2D eigenvalue weighted by molar-refractivity contribution is 7.85. The van der Waals surface area contributed by atoms with Crippen molar-refractivity contribution < 1.29 is 17.5 Å². The van der Waals surface area contributed by atoms with Crippen molar-refractivity contribution in [2.24, 2.45) is 0 Å². The Labute approximate surface area is 258 Å². The van der Waals surface area contributed by atoms with Gasteiger partial charge in [0.05, 0.1) is 5.75 Å². The van der Waals surface area contributed by atoms with Gasteiger partial charge in [0.2, 0.25) is 0 Å². The van der Waals surface area contributed by atoms with Gasteiger partial charge in [0.15, 0.2) is 12.4 Å². The van der Waals surface area contributed by atoms with Crippen molar-refractivity contribution in [1.29, 1.82) is 0 Å². The second kappa shape index (κ2) is 22.4. The Balaban J connectivity index is 2.12. The summed E-state index contributed by atoms with van der Waals surface area (Å²) in [5, 5.41) is 0. The zero-order chi connectivity index (χ0) is 30.3. The molecule has 0 aliphatic heterocycles. The van der Waals surface area contributed by atoms with E-state index in [9.17, 15) is 8.42 Å². The van der Waals surface area contributed by atoms with Gasteiger partial charge < -0.3 is 4.90 Å². The number of benzene rings is 1. The summed E-state index contributed by atoms with van der Waals surface area (Å²) in [5.74, 6) is -0.216. The van der Waals surface area contributed by atoms with Gasteiger partial charge in [-0.25, -0.2) is 4.57 Å². The van der Waals surface area contributed by atoms with Crippen LogP contribution >= 0.6 is 0 Å². The third-order valence-electron chi connectivity index (χ3n) is 8.01. The summed E-state index contributed by atoms with van der Waals surface area (Å²) >= 11 is 0. The normalized spacial score (nSPS) is 12.1. The molecule has 0 spiro atoms. The van der Waals surface area contributed by atoms with Crippen molar-refractivity contribution in [3.63, 3.8) is 0 Å². The smallest absolute Gasteiger partial charge is 0.265 e. The fourth-order valence-electron chi connectivity index (χ4n) is 5.50. The first-order valence-corrected chi connectivity index (χ1v) is 18.5. The minimum absolute atomic E-state index is 0.216. The van der Waals surface area contributed by atoms with Gasteiger partial charge in [0, 0.05) is 42.9 Å². The van der Waals surface area contributed by atoms with Crippen LogP contribution in [-0.4, -0.2) is 36.7 Å². The highest BCUT2D eigenvalue weighted by atomic mass is 32.2. The summed E-state index contributed by atoms with van der Waals surface area (Å²) in [7, 11) is -3.93. The molecule has 2 rings (SSSR count). The number of unbranched alkanes of at least 4 members (excludes halogenated alkanes) is 14. The molecular weight excluding hydrogens is 540 g/mol. The van der Waals surface area contributed by atoms with Gasteiger partial charge in [0.25, 0.3) is 10.1 Å². The fourth-order valence-corrected chi connectivity index (χ4v) is 5.99. The number of hydrogen-bond donors (Lipinski definition) is 1. The average Bonchev–Trinajstić information content (AvgIpc) is 2.98. The number of pyridine rings is 1. The third-order valence-corrected chi connectivity index (χ3v) is 8.82. The first-order chi connectivity index (χ1) is 20.4. The Morgan fingerprint density at radius 3 is 1.64 bits per heavy atom. The van der Waals surface area contributed by atoms with Crippen LogP contribution in [0.5, 0.6) is 0 Å². The van der Waals surface area contributed by atoms with E-state index in [1.807, 2.05) is 17.0 Å². The van der Waals surface area contributed by atoms with Crippen LogP contribution in [0.3, 0.4) is 0 Å². The molecule has 0 aliphatic carbocycles. The van der Waals surface area contributed by atoms with Crippen molar-refractivity contribution in [2.45, 2.75) is 130 Å². The summed E-state index contributed by atoms with van der Waals surface area (Å²) in [6.07, 6.45) is 27.9. The molecule has 1 aromatic carbocycles. The lowest BCUT2D eigenvalue weighted by Gasteiger charge is -2.28. The Morgan fingerprint density at radius 1 is 0.690 bits per heavy atom. The van der Waals surface area contributed by atoms with Crippen molar-refractivity contribution in [3.8, 4) is 0 Å². The van der Waals surface area contributed by atoms with Crippen LogP contribution in [0.25, 0.3) is 11.8 Å². The number of rotatable bonds is 25. The highest BCUT2D eigenvalue weighted by Gasteiger charge is 2.15. The minimum atomic E-state index is -3.93. The molecule has 0 bridgehead atoms.